The first kappa shape index (κ1) is 30.9. The normalized spacial score (nSPS) is 24.7. The third-order valence-corrected chi connectivity index (χ3v) is 9.21. The van der Waals surface area contributed by atoms with E-state index >= 15 is 0 Å². The van der Waals surface area contributed by atoms with Gasteiger partial charge in [-0.25, -0.2) is 0 Å². The highest BCUT2D eigenvalue weighted by atomic mass is 16.3. The highest BCUT2D eigenvalue weighted by Gasteiger charge is 2.64. The molecular weight excluding hydrogens is 570 g/mol. The predicted octanol–water partition coefficient (Wildman–Crippen LogP) is 1.62. The van der Waals surface area contributed by atoms with Crippen molar-refractivity contribution < 1.29 is 45.0 Å². The molecule has 0 heterocycles. The zero-order chi connectivity index (χ0) is 32.4. The molecule has 1 fully saturated rings. The number of amides is 1. The van der Waals surface area contributed by atoms with Crippen LogP contribution in [0.5, 0.6) is 17.2 Å². The van der Waals surface area contributed by atoms with E-state index in [1.54, 1.807) is 20.2 Å². The van der Waals surface area contributed by atoms with E-state index in [-0.39, 0.29) is 41.2 Å². The molecule has 234 valence electrons. The molecule has 8 N–H and O–H groups in total. The number of likely N-dealkylation sites (N-methyl/N-ethyl adjacent to an activating group) is 1. The van der Waals surface area contributed by atoms with E-state index < -0.39 is 58.0 Å². The number of Topliss-reactive ketones (excluding diaryl/α,β-unsaturated/α-hetero) is 2. The number of fused-ring (bicyclic) bond motifs is 3. The number of hydrogen-bond donors (Lipinski definition) is 7. The van der Waals surface area contributed by atoms with Crippen molar-refractivity contribution >= 4 is 28.9 Å². The second kappa shape index (κ2) is 10.9. The van der Waals surface area contributed by atoms with Crippen LogP contribution in [0.15, 0.2) is 41.2 Å². The maximum Gasteiger partial charge on any atom is 0.255 e. The summed E-state index contributed by atoms with van der Waals surface area (Å²) in [6, 6.07) is 5.22. The second-order valence-corrected chi connectivity index (χ2v) is 12.3. The maximum atomic E-state index is 14.1. The number of aromatic hydroxyl groups is 3. The molecule has 0 aliphatic heterocycles. The number of anilines is 1. The van der Waals surface area contributed by atoms with Gasteiger partial charge in [0.25, 0.3) is 5.91 Å². The van der Waals surface area contributed by atoms with E-state index in [9.17, 15) is 45.0 Å². The number of carbonyl (C=O) groups excluding carboxylic acids is 3. The Kier molecular flexibility index (Phi) is 7.63. The van der Waals surface area contributed by atoms with Gasteiger partial charge in [0.05, 0.1) is 11.6 Å². The molecule has 0 unspecified atom stereocenters. The van der Waals surface area contributed by atoms with Crippen LogP contribution < -0.4 is 10.6 Å². The largest absolute Gasteiger partial charge is 0.508 e. The van der Waals surface area contributed by atoms with Crippen LogP contribution in [0.25, 0.3) is 5.76 Å². The van der Waals surface area contributed by atoms with Crippen molar-refractivity contribution in [2.75, 3.05) is 33.1 Å². The Morgan fingerprint density at radius 3 is 2.27 bits per heavy atom. The second-order valence-electron chi connectivity index (χ2n) is 12.3. The highest BCUT2D eigenvalue weighted by molar-refractivity contribution is 6.24. The van der Waals surface area contributed by atoms with Gasteiger partial charge in [0, 0.05) is 31.3 Å². The van der Waals surface area contributed by atoms with Gasteiger partial charge in [-0.2, -0.15) is 0 Å². The van der Waals surface area contributed by atoms with E-state index in [1.165, 1.54) is 17.0 Å². The van der Waals surface area contributed by atoms with Crippen molar-refractivity contribution in [3.8, 4) is 17.2 Å². The average Bonchev–Trinajstić information content (AvgIpc) is 2.93. The molecule has 3 aliphatic carbocycles. The summed E-state index contributed by atoms with van der Waals surface area (Å²) in [5.74, 6) is -7.28. The van der Waals surface area contributed by atoms with Crippen molar-refractivity contribution in [2.45, 2.75) is 43.7 Å². The molecule has 12 nitrogen and oxygen atoms in total. The fraction of sp³-hybridized carbons (Fsp3) is 0.406. The van der Waals surface area contributed by atoms with Crippen molar-refractivity contribution in [1.82, 2.24) is 4.90 Å². The number of phenolic OH excluding ortho intramolecular Hbond substituents is 3. The zero-order valence-corrected chi connectivity index (χ0v) is 25.0. The summed E-state index contributed by atoms with van der Waals surface area (Å²) in [6.45, 7) is 0. The molecule has 0 aromatic heterocycles. The number of aliphatic hydroxyl groups is 3. The fourth-order valence-electron chi connectivity index (χ4n) is 7.14. The first-order valence-corrected chi connectivity index (χ1v) is 14.3. The van der Waals surface area contributed by atoms with E-state index in [2.05, 4.69) is 0 Å². The molecule has 44 heavy (non-hydrogen) atoms. The molecule has 0 bridgehead atoms. The first-order chi connectivity index (χ1) is 20.6. The van der Waals surface area contributed by atoms with Gasteiger partial charge >= 0.3 is 0 Å². The minimum atomic E-state index is -2.70. The standard InChI is InChI=1S/C32H37N3O9/c1-34(2)19-13-15(7-5-6-14-8-9-20(36)21(37)10-14)26(38)23-17(19)11-16-12-18-25(35(3)4)28(40)24(31(33)43)30(42)32(18,44)29(41)22(16)27(23)39/h8-10,13,16,18,25,36-39,42,44H,5-7,11-12H2,1-4H3,(H2,33,43)/t16-,18-,25-,32-/m0/s1. The summed E-state index contributed by atoms with van der Waals surface area (Å²) in [5, 5.41) is 65.3. The van der Waals surface area contributed by atoms with Crippen LogP contribution in [0.2, 0.25) is 0 Å². The molecule has 3 aliphatic rings. The Morgan fingerprint density at radius 2 is 1.68 bits per heavy atom. The van der Waals surface area contributed by atoms with Crippen LogP contribution in [-0.4, -0.2) is 92.8 Å². The van der Waals surface area contributed by atoms with E-state index in [0.29, 0.717) is 36.1 Å². The summed E-state index contributed by atoms with van der Waals surface area (Å²) >= 11 is 0. The number of aliphatic hydroxyl groups excluding tert-OH is 2. The average molecular weight is 608 g/mol. The van der Waals surface area contributed by atoms with Crippen molar-refractivity contribution in [2.24, 2.45) is 17.6 Å². The summed E-state index contributed by atoms with van der Waals surface area (Å²) in [7, 11) is 6.74. The molecule has 4 atom stereocenters. The van der Waals surface area contributed by atoms with Gasteiger partial charge in [-0.1, -0.05) is 6.07 Å². The topological polar surface area (TPSA) is 205 Å². The van der Waals surface area contributed by atoms with E-state index in [4.69, 9.17) is 5.73 Å². The number of primary amides is 1. The number of nitrogens with zero attached hydrogens (tertiary/aromatic N) is 2. The fourth-order valence-corrected chi connectivity index (χ4v) is 7.14. The Morgan fingerprint density at radius 1 is 1.00 bits per heavy atom. The zero-order valence-electron chi connectivity index (χ0n) is 25.0. The van der Waals surface area contributed by atoms with Crippen LogP contribution in [0.3, 0.4) is 0 Å². The summed E-state index contributed by atoms with van der Waals surface area (Å²) in [4.78, 5) is 42.9. The van der Waals surface area contributed by atoms with Crippen LogP contribution in [0.4, 0.5) is 5.69 Å². The number of nitrogens with two attached hydrogens (primary N) is 1. The molecule has 0 saturated heterocycles. The number of aryl methyl sites for hydroxylation is 2. The summed E-state index contributed by atoms with van der Waals surface area (Å²) < 4.78 is 0. The molecule has 0 spiro atoms. The van der Waals surface area contributed by atoms with Gasteiger partial charge < -0.3 is 41.3 Å². The number of rotatable bonds is 7. The van der Waals surface area contributed by atoms with Gasteiger partial charge in [0.15, 0.2) is 22.9 Å². The van der Waals surface area contributed by atoms with E-state index in [0.717, 1.165) is 5.56 Å². The highest BCUT2D eigenvalue weighted by Crippen LogP contribution is 2.54. The van der Waals surface area contributed by atoms with Gasteiger partial charge in [0.1, 0.15) is 22.8 Å². The quantitative estimate of drug-likeness (QED) is 0.178. The van der Waals surface area contributed by atoms with Gasteiger partial charge in [0.2, 0.25) is 5.78 Å². The minimum absolute atomic E-state index is 0.0145. The summed E-state index contributed by atoms with van der Waals surface area (Å²) in [6.07, 6.45) is 1.64. The first-order valence-electron chi connectivity index (χ1n) is 14.3. The molecule has 5 rings (SSSR count). The van der Waals surface area contributed by atoms with Crippen molar-refractivity contribution in [3.05, 3.63) is 63.4 Å². The maximum absolute atomic E-state index is 14.1. The molecular formula is C32H37N3O9. The Hall–Kier alpha value is -4.55. The lowest BCUT2D eigenvalue weighted by molar-refractivity contribution is -0.153. The molecule has 0 radical (unpaired) electrons. The minimum Gasteiger partial charge on any atom is -0.508 e. The SMILES string of the molecule is CN(C)c1cc(CCCc2ccc(O)c(O)c2)c(O)c2c1C[C@H]1C[C@H]3[C@H](N(C)C)C(=O)C(C(N)=O)=C(O)[C@@]3(O)C(=O)C1=C2O. The lowest BCUT2D eigenvalue weighted by Crippen LogP contribution is -2.65. The third kappa shape index (κ3) is 4.56. The van der Waals surface area contributed by atoms with E-state index in [1.807, 2.05) is 25.1 Å². The van der Waals surface area contributed by atoms with Crippen LogP contribution in [0, 0.1) is 11.8 Å². The van der Waals surface area contributed by atoms with Crippen LogP contribution in [0.1, 0.15) is 35.1 Å². The number of carbonyl (C=O) groups is 3. The molecule has 1 amide bonds. The van der Waals surface area contributed by atoms with Gasteiger partial charge in [-0.05, 0) is 87.0 Å². The Balaban J connectivity index is 1.60. The van der Waals surface area contributed by atoms with Gasteiger partial charge in [-0.15, -0.1) is 0 Å². The smallest absolute Gasteiger partial charge is 0.255 e. The Labute approximate surface area is 254 Å². The number of hydrogen-bond acceptors (Lipinski definition) is 11. The van der Waals surface area contributed by atoms with Crippen LogP contribution in [-0.2, 0) is 33.6 Å². The van der Waals surface area contributed by atoms with Gasteiger partial charge in [-0.3, -0.25) is 19.3 Å². The van der Waals surface area contributed by atoms with Crippen LogP contribution >= 0.6 is 0 Å². The molecule has 1 saturated carbocycles. The number of phenols is 3. The molecule has 2 aromatic carbocycles. The number of ketones is 2. The number of benzene rings is 2. The monoisotopic (exact) mass is 607 g/mol. The van der Waals surface area contributed by atoms with Crippen molar-refractivity contribution in [1.29, 1.82) is 0 Å². The molecule has 12 heteroatoms. The summed E-state index contributed by atoms with van der Waals surface area (Å²) in [5.41, 5.74) is 4.25. The lowest BCUT2D eigenvalue weighted by atomic mass is 9.57. The molecule has 2 aromatic rings. The lowest BCUT2D eigenvalue weighted by Gasteiger charge is -2.50. The third-order valence-electron chi connectivity index (χ3n) is 9.21. The predicted molar refractivity (Wildman–Crippen MR) is 160 cm³/mol. The van der Waals surface area contributed by atoms with Crippen molar-refractivity contribution in [3.63, 3.8) is 0 Å². The Bertz CT molecular complexity index is 1660.